The first-order valence-corrected chi connectivity index (χ1v) is 6.03. The number of hydrogen-bond acceptors (Lipinski definition) is 2. The van der Waals surface area contributed by atoms with Gasteiger partial charge in [0.2, 0.25) is 0 Å². The second-order valence-corrected chi connectivity index (χ2v) is 5.25. The van der Waals surface area contributed by atoms with Crippen LogP contribution in [0.1, 0.15) is 29.8 Å². The van der Waals surface area contributed by atoms with Gasteiger partial charge in [0.15, 0.2) is 0 Å². The molecule has 0 aliphatic rings. The Balaban J connectivity index is 2.68. The van der Waals surface area contributed by atoms with Gasteiger partial charge < -0.3 is 10.4 Å². The maximum Gasteiger partial charge on any atom is 0.251 e. The zero-order chi connectivity index (χ0) is 13.1. The molecule has 1 amide bonds. The molecule has 0 bridgehead atoms. The van der Waals surface area contributed by atoms with Gasteiger partial charge in [-0.2, -0.15) is 0 Å². The highest BCUT2D eigenvalue weighted by molar-refractivity contribution is 6.18. The van der Waals surface area contributed by atoms with E-state index in [1.807, 2.05) is 13.8 Å². The third-order valence-corrected chi connectivity index (χ3v) is 3.27. The lowest BCUT2D eigenvalue weighted by atomic mass is 9.96. The number of amides is 1. The number of halogens is 1. The number of nitrogens with one attached hydrogen (secondary N) is 1. The smallest absolute Gasteiger partial charge is 0.251 e. The minimum absolute atomic E-state index is 0.122. The Bertz CT molecular complexity index is 416. The van der Waals surface area contributed by atoms with E-state index in [-0.39, 0.29) is 17.1 Å². The number of aryl methyl sites for hydroxylation is 1. The van der Waals surface area contributed by atoms with Crippen molar-refractivity contribution in [1.82, 2.24) is 5.32 Å². The zero-order valence-electron chi connectivity index (χ0n) is 10.4. The van der Waals surface area contributed by atoms with Gasteiger partial charge in [-0.3, -0.25) is 4.79 Å². The Labute approximate surface area is 107 Å². The number of alkyl halides is 1. The van der Waals surface area contributed by atoms with Crippen LogP contribution in [0.15, 0.2) is 18.2 Å². The van der Waals surface area contributed by atoms with Crippen molar-refractivity contribution in [3.05, 3.63) is 29.3 Å². The molecular weight excluding hydrogens is 238 g/mol. The van der Waals surface area contributed by atoms with Crippen LogP contribution >= 0.6 is 11.6 Å². The molecule has 0 aromatic heterocycles. The van der Waals surface area contributed by atoms with Gasteiger partial charge in [0, 0.05) is 18.0 Å². The minimum Gasteiger partial charge on any atom is -0.508 e. The molecule has 0 heterocycles. The van der Waals surface area contributed by atoms with Crippen molar-refractivity contribution in [3.63, 3.8) is 0 Å². The predicted molar refractivity (Wildman–Crippen MR) is 69.7 cm³/mol. The van der Waals surface area contributed by atoms with Gasteiger partial charge in [0.05, 0.1) is 0 Å². The Kier molecular flexibility index (Phi) is 4.40. The van der Waals surface area contributed by atoms with E-state index in [2.05, 4.69) is 5.32 Å². The number of hydrogen-bond donors (Lipinski definition) is 2. The lowest BCUT2D eigenvalue weighted by Gasteiger charge is -2.21. The lowest BCUT2D eigenvalue weighted by Crippen LogP contribution is -2.35. The second-order valence-electron chi connectivity index (χ2n) is 4.98. The van der Waals surface area contributed by atoms with E-state index in [0.717, 1.165) is 0 Å². The molecule has 0 aliphatic carbocycles. The lowest BCUT2D eigenvalue weighted by molar-refractivity contribution is 0.0940. The summed E-state index contributed by atoms with van der Waals surface area (Å²) in [6.07, 6.45) is 0. The second kappa shape index (κ2) is 5.41. The molecule has 0 fully saturated rings. The number of carbonyl (C=O) groups excluding carboxylic acids is 1. The molecular formula is C13H18ClNO2. The molecule has 2 N–H and O–H groups in total. The van der Waals surface area contributed by atoms with Crippen molar-refractivity contribution in [2.75, 3.05) is 12.4 Å². The standard InChI is InChI=1S/C13H18ClNO2/c1-9-6-10(4-5-11(9)16)12(17)15-8-13(2,3)7-14/h4-6,16H,7-8H2,1-3H3,(H,15,17). The normalized spacial score (nSPS) is 11.3. The SMILES string of the molecule is Cc1cc(C(=O)NCC(C)(C)CCl)ccc1O. The van der Waals surface area contributed by atoms with Gasteiger partial charge in [0.25, 0.3) is 5.91 Å². The largest absolute Gasteiger partial charge is 0.508 e. The van der Waals surface area contributed by atoms with E-state index < -0.39 is 0 Å². The van der Waals surface area contributed by atoms with Gasteiger partial charge in [-0.05, 0) is 36.1 Å². The van der Waals surface area contributed by atoms with Crippen LogP contribution in [-0.4, -0.2) is 23.4 Å². The molecule has 0 saturated carbocycles. The van der Waals surface area contributed by atoms with Gasteiger partial charge in [-0.1, -0.05) is 13.8 Å². The summed E-state index contributed by atoms with van der Waals surface area (Å²) < 4.78 is 0. The van der Waals surface area contributed by atoms with Gasteiger partial charge in [-0.25, -0.2) is 0 Å². The van der Waals surface area contributed by atoms with Crippen molar-refractivity contribution < 1.29 is 9.90 Å². The van der Waals surface area contributed by atoms with Crippen LogP contribution in [0.3, 0.4) is 0 Å². The molecule has 1 rings (SSSR count). The van der Waals surface area contributed by atoms with Crippen molar-refractivity contribution >= 4 is 17.5 Å². The first-order chi connectivity index (χ1) is 7.85. The maximum absolute atomic E-state index is 11.8. The molecule has 0 saturated heterocycles. The van der Waals surface area contributed by atoms with Crippen LogP contribution in [0.2, 0.25) is 0 Å². The fourth-order valence-corrected chi connectivity index (χ4v) is 1.36. The molecule has 4 heteroatoms. The molecule has 0 radical (unpaired) electrons. The van der Waals surface area contributed by atoms with Gasteiger partial charge in [0.1, 0.15) is 5.75 Å². The molecule has 94 valence electrons. The minimum atomic E-state index is -0.147. The Hall–Kier alpha value is -1.22. The molecule has 1 aromatic rings. The number of rotatable bonds is 4. The van der Waals surface area contributed by atoms with Crippen LogP contribution in [0.5, 0.6) is 5.75 Å². The van der Waals surface area contributed by atoms with Crippen LogP contribution in [0, 0.1) is 12.3 Å². The summed E-state index contributed by atoms with van der Waals surface area (Å²) >= 11 is 5.78. The maximum atomic E-state index is 11.8. The van der Waals surface area contributed by atoms with E-state index >= 15 is 0 Å². The highest BCUT2D eigenvalue weighted by Gasteiger charge is 2.18. The van der Waals surface area contributed by atoms with Crippen LogP contribution in [0.25, 0.3) is 0 Å². The summed E-state index contributed by atoms with van der Waals surface area (Å²) in [5, 5.41) is 12.2. The van der Waals surface area contributed by atoms with Crippen molar-refractivity contribution in [2.45, 2.75) is 20.8 Å². The predicted octanol–water partition coefficient (Wildman–Crippen LogP) is 2.70. The van der Waals surface area contributed by atoms with Crippen molar-refractivity contribution in [2.24, 2.45) is 5.41 Å². The highest BCUT2D eigenvalue weighted by Crippen LogP contribution is 2.18. The summed E-state index contributed by atoms with van der Waals surface area (Å²) in [6.45, 7) is 6.26. The Morgan fingerprint density at radius 1 is 1.47 bits per heavy atom. The Morgan fingerprint density at radius 2 is 2.12 bits per heavy atom. The average Bonchev–Trinajstić information content (AvgIpc) is 2.30. The fourth-order valence-electron chi connectivity index (χ4n) is 1.27. The first-order valence-electron chi connectivity index (χ1n) is 5.49. The van der Waals surface area contributed by atoms with Crippen molar-refractivity contribution in [3.8, 4) is 5.75 Å². The summed E-state index contributed by atoms with van der Waals surface area (Å²) in [7, 11) is 0. The molecule has 0 atom stereocenters. The van der Waals surface area contributed by atoms with Crippen LogP contribution in [-0.2, 0) is 0 Å². The van der Waals surface area contributed by atoms with Crippen LogP contribution in [0.4, 0.5) is 0 Å². The monoisotopic (exact) mass is 255 g/mol. The van der Waals surface area contributed by atoms with E-state index in [1.165, 1.54) is 6.07 Å². The molecule has 0 spiro atoms. The van der Waals surface area contributed by atoms with Crippen molar-refractivity contribution in [1.29, 1.82) is 0 Å². The van der Waals surface area contributed by atoms with E-state index in [9.17, 15) is 9.90 Å². The third-order valence-electron chi connectivity index (χ3n) is 2.55. The van der Waals surface area contributed by atoms with Gasteiger partial charge in [-0.15, -0.1) is 11.6 Å². The Morgan fingerprint density at radius 3 is 2.65 bits per heavy atom. The topological polar surface area (TPSA) is 49.3 Å². The number of benzene rings is 1. The van der Waals surface area contributed by atoms with Crippen LogP contribution < -0.4 is 5.32 Å². The van der Waals surface area contributed by atoms with E-state index in [0.29, 0.717) is 23.6 Å². The number of aromatic hydroxyl groups is 1. The molecule has 1 aromatic carbocycles. The average molecular weight is 256 g/mol. The molecule has 3 nitrogen and oxygen atoms in total. The highest BCUT2D eigenvalue weighted by atomic mass is 35.5. The van der Waals surface area contributed by atoms with E-state index in [1.54, 1.807) is 19.1 Å². The summed E-state index contributed by atoms with van der Waals surface area (Å²) in [5.41, 5.74) is 1.11. The number of phenols is 1. The zero-order valence-corrected chi connectivity index (χ0v) is 11.1. The van der Waals surface area contributed by atoms with Gasteiger partial charge >= 0.3 is 0 Å². The quantitative estimate of drug-likeness (QED) is 0.813. The number of phenolic OH excluding ortho intramolecular Hbond substituents is 1. The molecule has 17 heavy (non-hydrogen) atoms. The molecule has 0 unspecified atom stereocenters. The molecule has 0 aliphatic heterocycles. The summed E-state index contributed by atoms with van der Waals surface area (Å²) in [5.74, 6) is 0.538. The summed E-state index contributed by atoms with van der Waals surface area (Å²) in [4.78, 5) is 11.8. The number of carbonyl (C=O) groups is 1. The van der Waals surface area contributed by atoms with E-state index in [4.69, 9.17) is 11.6 Å². The fraction of sp³-hybridized carbons (Fsp3) is 0.462. The third kappa shape index (κ3) is 3.93. The summed E-state index contributed by atoms with van der Waals surface area (Å²) in [6, 6.07) is 4.79. The first kappa shape index (κ1) is 13.8.